The van der Waals surface area contributed by atoms with Crippen molar-refractivity contribution in [2.45, 2.75) is 79.4 Å². The molecule has 0 aromatic heterocycles. The van der Waals surface area contributed by atoms with Gasteiger partial charge in [-0.1, -0.05) is 27.7 Å². The highest BCUT2D eigenvalue weighted by atomic mass is 16.5. The van der Waals surface area contributed by atoms with Crippen LogP contribution in [0.5, 0.6) is 0 Å². The molecule has 0 aromatic carbocycles. The highest BCUT2D eigenvalue weighted by Crippen LogP contribution is 2.17. The zero-order valence-electron chi connectivity index (χ0n) is 13.4. The molecule has 0 aliphatic carbocycles. The monoisotopic (exact) mass is 258 g/mol. The van der Waals surface area contributed by atoms with Gasteiger partial charge in [-0.2, -0.15) is 0 Å². The van der Waals surface area contributed by atoms with E-state index in [9.17, 15) is 0 Å². The SMILES string of the molecule is CC.CC1CCC(C)OC1.CC1CCC(C)OC1. The van der Waals surface area contributed by atoms with Crippen molar-refractivity contribution in [2.75, 3.05) is 13.2 Å². The van der Waals surface area contributed by atoms with E-state index >= 15 is 0 Å². The molecule has 0 aromatic rings. The molecule has 18 heavy (non-hydrogen) atoms. The molecule has 2 saturated heterocycles. The van der Waals surface area contributed by atoms with Crippen LogP contribution in [-0.4, -0.2) is 25.4 Å². The fourth-order valence-electron chi connectivity index (χ4n) is 2.03. The summed E-state index contributed by atoms with van der Waals surface area (Å²) in [5.74, 6) is 1.59. The zero-order valence-corrected chi connectivity index (χ0v) is 13.4. The van der Waals surface area contributed by atoms with Crippen LogP contribution >= 0.6 is 0 Å². The molecule has 0 N–H and O–H groups in total. The van der Waals surface area contributed by atoms with Gasteiger partial charge in [0.2, 0.25) is 0 Å². The second kappa shape index (κ2) is 10.8. The van der Waals surface area contributed by atoms with Gasteiger partial charge in [-0.25, -0.2) is 0 Å². The van der Waals surface area contributed by atoms with Crippen LogP contribution in [0.4, 0.5) is 0 Å². The molecule has 2 heterocycles. The minimum absolute atomic E-state index is 0.520. The third-order valence-electron chi connectivity index (χ3n) is 3.46. The normalized spacial score (nSPS) is 35.7. The van der Waals surface area contributed by atoms with Crippen LogP contribution in [0.25, 0.3) is 0 Å². The van der Waals surface area contributed by atoms with Crippen molar-refractivity contribution < 1.29 is 9.47 Å². The first-order valence-electron chi connectivity index (χ1n) is 7.81. The summed E-state index contributed by atoms with van der Waals surface area (Å²) in [7, 11) is 0. The Morgan fingerprint density at radius 1 is 0.611 bits per heavy atom. The second-order valence-electron chi connectivity index (χ2n) is 5.65. The van der Waals surface area contributed by atoms with Crippen LogP contribution in [0, 0.1) is 11.8 Å². The quantitative estimate of drug-likeness (QED) is 0.628. The Labute approximate surface area is 114 Å². The summed E-state index contributed by atoms with van der Waals surface area (Å²) in [6.07, 6.45) is 6.24. The van der Waals surface area contributed by atoms with Crippen molar-refractivity contribution in [3.8, 4) is 0 Å². The summed E-state index contributed by atoms with van der Waals surface area (Å²) in [5, 5.41) is 0. The third kappa shape index (κ3) is 8.93. The molecule has 2 aliphatic heterocycles. The van der Waals surface area contributed by atoms with Crippen LogP contribution in [0.2, 0.25) is 0 Å². The Kier molecular flexibility index (Phi) is 10.8. The predicted molar refractivity (Wildman–Crippen MR) is 79.0 cm³/mol. The molecular formula is C16H34O2. The van der Waals surface area contributed by atoms with Gasteiger partial charge in [0.25, 0.3) is 0 Å². The van der Waals surface area contributed by atoms with Gasteiger partial charge in [-0.05, 0) is 51.4 Å². The molecule has 2 nitrogen and oxygen atoms in total. The molecule has 0 bridgehead atoms. The van der Waals surface area contributed by atoms with E-state index in [0.29, 0.717) is 12.2 Å². The molecular weight excluding hydrogens is 224 g/mol. The highest BCUT2D eigenvalue weighted by molar-refractivity contribution is 4.63. The Morgan fingerprint density at radius 3 is 1.11 bits per heavy atom. The second-order valence-corrected chi connectivity index (χ2v) is 5.65. The van der Waals surface area contributed by atoms with Gasteiger partial charge in [0.1, 0.15) is 0 Å². The minimum Gasteiger partial charge on any atom is -0.378 e. The molecule has 0 saturated carbocycles. The van der Waals surface area contributed by atoms with Gasteiger partial charge in [0.05, 0.1) is 12.2 Å². The number of hydrogen-bond donors (Lipinski definition) is 0. The first kappa shape index (κ1) is 17.9. The molecule has 2 aliphatic rings. The molecule has 4 unspecified atom stereocenters. The summed E-state index contributed by atoms with van der Waals surface area (Å²) in [6, 6.07) is 0. The molecule has 0 radical (unpaired) electrons. The maximum atomic E-state index is 5.39. The van der Waals surface area contributed by atoms with Crippen molar-refractivity contribution in [3.63, 3.8) is 0 Å². The number of rotatable bonds is 0. The van der Waals surface area contributed by atoms with E-state index in [-0.39, 0.29) is 0 Å². The number of ether oxygens (including phenoxy) is 2. The summed E-state index contributed by atoms with van der Waals surface area (Å²) < 4.78 is 10.8. The predicted octanol–water partition coefficient (Wildman–Crippen LogP) is 4.67. The Bertz CT molecular complexity index is 126. The molecule has 4 atom stereocenters. The van der Waals surface area contributed by atoms with E-state index in [1.165, 1.54) is 25.7 Å². The summed E-state index contributed by atoms with van der Waals surface area (Å²) in [4.78, 5) is 0. The first-order valence-corrected chi connectivity index (χ1v) is 7.81. The van der Waals surface area contributed by atoms with Crippen LogP contribution in [-0.2, 0) is 9.47 Å². The fourth-order valence-corrected chi connectivity index (χ4v) is 2.03. The summed E-state index contributed by atoms with van der Waals surface area (Å²) in [6.45, 7) is 14.7. The largest absolute Gasteiger partial charge is 0.378 e. The molecule has 2 fully saturated rings. The van der Waals surface area contributed by atoms with Gasteiger partial charge in [0.15, 0.2) is 0 Å². The van der Waals surface area contributed by atoms with Crippen LogP contribution in [0.3, 0.4) is 0 Å². The lowest BCUT2D eigenvalue weighted by Crippen LogP contribution is -2.21. The van der Waals surface area contributed by atoms with E-state index < -0.39 is 0 Å². The summed E-state index contributed by atoms with van der Waals surface area (Å²) >= 11 is 0. The van der Waals surface area contributed by atoms with Gasteiger partial charge in [0, 0.05) is 13.2 Å². The van der Waals surface area contributed by atoms with Crippen LogP contribution in [0.15, 0.2) is 0 Å². The highest BCUT2D eigenvalue weighted by Gasteiger charge is 2.14. The third-order valence-corrected chi connectivity index (χ3v) is 3.46. The van der Waals surface area contributed by atoms with Gasteiger partial charge < -0.3 is 9.47 Å². The molecule has 0 spiro atoms. The van der Waals surface area contributed by atoms with Crippen LogP contribution < -0.4 is 0 Å². The molecule has 110 valence electrons. The lowest BCUT2D eigenvalue weighted by Gasteiger charge is -2.23. The minimum atomic E-state index is 0.520. The lowest BCUT2D eigenvalue weighted by molar-refractivity contribution is 0.000174. The van der Waals surface area contributed by atoms with Crippen molar-refractivity contribution in [1.82, 2.24) is 0 Å². The van der Waals surface area contributed by atoms with Gasteiger partial charge >= 0.3 is 0 Å². The smallest absolute Gasteiger partial charge is 0.0547 e. The van der Waals surface area contributed by atoms with Crippen LogP contribution in [0.1, 0.15) is 67.2 Å². The standard InChI is InChI=1S/2C7H14O.C2H6/c2*1-6-3-4-7(2)8-5-6;1-2/h2*6-7H,3-5H2,1-2H3;1-2H3. The topological polar surface area (TPSA) is 18.5 Å². The maximum absolute atomic E-state index is 5.39. The van der Waals surface area contributed by atoms with Crippen molar-refractivity contribution in [1.29, 1.82) is 0 Å². The molecule has 2 heteroatoms. The fraction of sp³-hybridized carbons (Fsp3) is 1.00. The van der Waals surface area contributed by atoms with Crippen molar-refractivity contribution in [2.24, 2.45) is 11.8 Å². The van der Waals surface area contributed by atoms with E-state index in [0.717, 1.165) is 25.0 Å². The maximum Gasteiger partial charge on any atom is 0.0547 e. The van der Waals surface area contributed by atoms with Crippen molar-refractivity contribution in [3.05, 3.63) is 0 Å². The average Bonchev–Trinajstić information content (AvgIpc) is 2.40. The average molecular weight is 258 g/mol. The Morgan fingerprint density at radius 2 is 0.944 bits per heavy atom. The molecule has 2 rings (SSSR count). The Hall–Kier alpha value is -0.0800. The van der Waals surface area contributed by atoms with Crippen molar-refractivity contribution >= 4 is 0 Å². The molecule has 0 amide bonds. The number of hydrogen-bond acceptors (Lipinski definition) is 2. The van der Waals surface area contributed by atoms with E-state index in [1.54, 1.807) is 0 Å². The van der Waals surface area contributed by atoms with Gasteiger partial charge in [-0.15, -0.1) is 0 Å². The van der Waals surface area contributed by atoms with Gasteiger partial charge in [-0.3, -0.25) is 0 Å². The zero-order chi connectivity index (χ0) is 14.0. The Balaban J connectivity index is 0.000000283. The van der Waals surface area contributed by atoms with E-state index in [2.05, 4.69) is 27.7 Å². The lowest BCUT2D eigenvalue weighted by atomic mass is 10.0. The first-order chi connectivity index (χ1) is 8.58. The van der Waals surface area contributed by atoms with E-state index in [4.69, 9.17) is 9.47 Å². The summed E-state index contributed by atoms with van der Waals surface area (Å²) in [5.41, 5.74) is 0. The van der Waals surface area contributed by atoms with E-state index in [1.807, 2.05) is 13.8 Å².